The Labute approximate surface area is 289 Å². The summed E-state index contributed by atoms with van der Waals surface area (Å²) in [4.78, 5) is 29.4. The van der Waals surface area contributed by atoms with Crippen LogP contribution in [0.25, 0.3) is 0 Å². The first-order valence-corrected chi connectivity index (χ1v) is 19.5. The van der Waals surface area contributed by atoms with E-state index in [-0.39, 0.29) is 46.2 Å². The second kappa shape index (κ2) is 13.7. The van der Waals surface area contributed by atoms with E-state index in [4.69, 9.17) is 9.47 Å². The normalized spacial score (nSPS) is 25.1. The zero-order valence-corrected chi connectivity index (χ0v) is 29.7. The summed E-state index contributed by atoms with van der Waals surface area (Å²) in [6.45, 7) is 12.6. The number of ether oxygens (including phenoxy) is 2. The van der Waals surface area contributed by atoms with Gasteiger partial charge in [-0.2, -0.15) is 0 Å². The molecule has 5 fully saturated rings. The van der Waals surface area contributed by atoms with Crippen LogP contribution in [0.1, 0.15) is 69.7 Å². The van der Waals surface area contributed by atoms with Crippen LogP contribution in [0.5, 0.6) is 11.5 Å². The smallest absolute Gasteiger partial charge is 0.258 e. The topological polar surface area (TPSA) is 129 Å². The average Bonchev–Trinajstić information content (AvgIpc) is 3.02. The SMILES string of the molecule is CCS(=O)(=O)N[C@@H]1CC[C@@H](CN2CCC3(CC2)CN(c2ncncc2Oc2ccc(F)cc2C(=O)N(C(C)C)C2CC4(COC4)C2)C3)NC1. The van der Waals surface area contributed by atoms with Crippen molar-refractivity contribution in [1.29, 1.82) is 0 Å². The number of hydrogen-bond donors (Lipinski definition) is 2. The number of carbonyl (C=O) groups excluding carboxylic acids is 1. The third-order valence-corrected chi connectivity index (χ3v) is 12.8. The monoisotopic (exact) mass is 699 g/mol. The maximum atomic E-state index is 14.6. The summed E-state index contributed by atoms with van der Waals surface area (Å²) in [5, 5.41) is 3.56. The first kappa shape index (κ1) is 34.5. The lowest BCUT2D eigenvalue weighted by molar-refractivity contribution is -0.181. The summed E-state index contributed by atoms with van der Waals surface area (Å²) in [5.41, 5.74) is 0.604. The number of amides is 1. The van der Waals surface area contributed by atoms with Crippen LogP contribution >= 0.6 is 0 Å². The Bertz CT molecular complexity index is 1610. The van der Waals surface area contributed by atoms with Crippen molar-refractivity contribution in [3.8, 4) is 11.5 Å². The molecule has 7 rings (SSSR count). The van der Waals surface area contributed by atoms with Crippen LogP contribution in [-0.2, 0) is 14.8 Å². The number of nitrogens with zero attached hydrogens (tertiary/aromatic N) is 5. The highest BCUT2D eigenvalue weighted by Gasteiger charge is 2.53. The van der Waals surface area contributed by atoms with Gasteiger partial charge in [0.25, 0.3) is 5.91 Å². The Balaban J connectivity index is 0.949. The lowest BCUT2D eigenvalue weighted by Gasteiger charge is -2.56. The molecule has 0 radical (unpaired) electrons. The van der Waals surface area contributed by atoms with Gasteiger partial charge in [-0.15, -0.1) is 0 Å². The van der Waals surface area contributed by atoms with Gasteiger partial charge < -0.3 is 29.5 Å². The minimum Gasteiger partial charge on any atom is -0.451 e. The van der Waals surface area contributed by atoms with Crippen LogP contribution in [0.15, 0.2) is 30.7 Å². The molecule has 12 nitrogen and oxygen atoms in total. The fourth-order valence-corrected chi connectivity index (χ4v) is 9.36. The maximum absolute atomic E-state index is 14.6. The average molecular weight is 700 g/mol. The van der Waals surface area contributed by atoms with Crippen LogP contribution < -0.4 is 19.7 Å². The standard InChI is InChI=1S/C35H50FN7O5S/c1-4-49(45,46)40-26-6-7-27(38-16-26)18-41-11-9-34(10-12-41)19-42(20-34)32-31(17-37-23-39-32)48-30-8-5-25(36)13-29(30)33(44)43(24(2)3)28-14-35(15-28)21-47-22-35/h5,8,13,17,23-24,26-28,38,40H,4,6-7,9-12,14-16,18-22H2,1-3H3/t26-,27+/m1/s1. The molecule has 1 saturated carbocycles. The molecule has 14 heteroatoms. The number of hydrogen-bond acceptors (Lipinski definition) is 10. The molecule has 0 bridgehead atoms. The van der Waals surface area contributed by atoms with Crippen molar-refractivity contribution in [2.24, 2.45) is 10.8 Å². The van der Waals surface area contributed by atoms with Crippen LogP contribution in [0, 0.1) is 16.6 Å². The molecule has 4 saturated heterocycles. The second-order valence-corrected chi connectivity index (χ2v) is 17.4. The van der Waals surface area contributed by atoms with Gasteiger partial charge in [0.1, 0.15) is 17.9 Å². The van der Waals surface area contributed by atoms with Gasteiger partial charge in [0.2, 0.25) is 10.0 Å². The van der Waals surface area contributed by atoms with Crippen LogP contribution in [0.2, 0.25) is 0 Å². The van der Waals surface area contributed by atoms with Gasteiger partial charge in [-0.05, 0) is 90.6 Å². The molecule has 2 N–H and O–H groups in total. The minimum absolute atomic E-state index is 0.0323. The first-order chi connectivity index (χ1) is 23.5. The van der Waals surface area contributed by atoms with Crippen molar-refractivity contribution < 1.29 is 27.1 Å². The summed E-state index contributed by atoms with van der Waals surface area (Å²) < 4.78 is 53.1. The molecule has 1 aromatic carbocycles. The zero-order chi connectivity index (χ0) is 34.4. The van der Waals surface area contributed by atoms with Gasteiger partial charge in [-0.1, -0.05) is 0 Å². The molecule has 2 spiro atoms. The Morgan fingerprint density at radius 1 is 1.16 bits per heavy atom. The van der Waals surface area contributed by atoms with Gasteiger partial charge >= 0.3 is 0 Å². The molecule has 1 aromatic heterocycles. The van der Waals surface area contributed by atoms with Gasteiger partial charge in [0.05, 0.1) is 30.7 Å². The molecule has 5 aliphatic rings. The lowest BCUT2D eigenvalue weighted by atomic mass is 9.63. The van der Waals surface area contributed by atoms with Crippen molar-refractivity contribution in [3.63, 3.8) is 0 Å². The molecule has 4 aliphatic heterocycles. The summed E-state index contributed by atoms with van der Waals surface area (Å²) in [6.07, 6.45) is 8.92. The van der Waals surface area contributed by atoms with Crippen molar-refractivity contribution in [2.45, 2.75) is 83.5 Å². The van der Waals surface area contributed by atoms with Crippen molar-refractivity contribution >= 4 is 21.7 Å². The van der Waals surface area contributed by atoms with Crippen molar-refractivity contribution in [3.05, 3.63) is 42.1 Å². The minimum atomic E-state index is -3.19. The van der Waals surface area contributed by atoms with E-state index in [1.807, 2.05) is 18.7 Å². The van der Waals surface area contributed by atoms with E-state index in [1.54, 1.807) is 13.1 Å². The highest BCUT2D eigenvalue weighted by atomic mass is 32.2. The first-order valence-electron chi connectivity index (χ1n) is 17.8. The van der Waals surface area contributed by atoms with E-state index in [9.17, 15) is 17.6 Å². The largest absolute Gasteiger partial charge is 0.451 e. The fourth-order valence-electron chi connectivity index (χ4n) is 8.48. The molecule has 5 heterocycles. The van der Waals surface area contributed by atoms with Gasteiger partial charge in [-0.3, -0.25) is 4.79 Å². The number of benzene rings is 1. The lowest BCUT2D eigenvalue weighted by Crippen LogP contribution is -2.62. The van der Waals surface area contributed by atoms with Crippen molar-refractivity contribution in [2.75, 3.05) is 63.1 Å². The molecular formula is C35H50FN7O5S. The Hall–Kier alpha value is -2.91. The number of piperidine rings is 2. The summed E-state index contributed by atoms with van der Waals surface area (Å²) in [6, 6.07) is 4.50. The molecule has 1 amide bonds. The van der Waals surface area contributed by atoms with Gasteiger partial charge in [-0.25, -0.2) is 27.5 Å². The van der Waals surface area contributed by atoms with E-state index < -0.39 is 15.8 Å². The molecule has 0 unspecified atom stereocenters. The van der Waals surface area contributed by atoms with Crippen LogP contribution in [0.3, 0.4) is 0 Å². The highest BCUT2D eigenvalue weighted by Crippen LogP contribution is 2.50. The van der Waals surface area contributed by atoms with E-state index in [2.05, 4.69) is 29.8 Å². The van der Waals surface area contributed by atoms with Crippen molar-refractivity contribution in [1.82, 2.24) is 29.8 Å². The number of anilines is 1. The molecule has 49 heavy (non-hydrogen) atoms. The molecule has 2 atom stereocenters. The third-order valence-electron chi connectivity index (χ3n) is 11.4. The summed E-state index contributed by atoms with van der Waals surface area (Å²) >= 11 is 0. The number of aromatic nitrogens is 2. The number of sulfonamides is 1. The maximum Gasteiger partial charge on any atom is 0.258 e. The number of carbonyl (C=O) groups is 1. The van der Waals surface area contributed by atoms with E-state index >= 15 is 0 Å². The van der Waals surface area contributed by atoms with Crippen LogP contribution in [0.4, 0.5) is 10.2 Å². The third kappa shape index (κ3) is 7.30. The second-order valence-electron chi connectivity index (χ2n) is 15.4. The van der Waals surface area contributed by atoms with E-state index in [0.717, 1.165) is 84.5 Å². The Morgan fingerprint density at radius 2 is 1.92 bits per heavy atom. The molecular weight excluding hydrogens is 649 g/mol. The molecule has 2 aromatic rings. The Morgan fingerprint density at radius 3 is 2.55 bits per heavy atom. The van der Waals surface area contributed by atoms with E-state index in [1.165, 1.54) is 24.5 Å². The number of nitrogens with one attached hydrogen (secondary N) is 2. The fraction of sp³-hybridized carbons (Fsp3) is 0.686. The van der Waals surface area contributed by atoms with Crippen LogP contribution in [-0.4, -0.2) is 116 Å². The Kier molecular flexibility index (Phi) is 9.63. The number of halogens is 1. The zero-order valence-electron chi connectivity index (χ0n) is 28.9. The predicted molar refractivity (Wildman–Crippen MR) is 184 cm³/mol. The predicted octanol–water partition coefficient (Wildman–Crippen LogP) is 3.40. The highest BCUT2D eigenvalue weighted by molar-refractivity contribution is 7.89. The molecule has 268 valence electrons. The summed E-state index contributed by atoms with van der Waals surface area (Å²) in [5.74, 6) is 0.808. The quantitative estimate of drug-likeness (QED) is 0.360. The van der Waals surface area contributed by atoms with E-state index in [0.29, 0.717) is 29.9 Å². The number of rotatable bonds is 11. The van der Waals surface area contributed by atoms with Gasteiger partial charge in [0.15, 0.2) is 11.6 Å². The van der Waals surface area contributed by atoms with Gasteiger partial charge in [0, 0.05) is 61.2 Å². The molecule has 1 aliphatic carbocycles. The number of likely N-dealkylation sites (tertiary alicyclic amines) is 1. The summed E-state index contributed by atoms with van der Waals surface area (Å²) in [7, 11) is -3.19.